The Balaban J connectivity index is 2.03. The first kappa shape index (κ1) is 19.2. The maximum atomic E-state index is 11.8. The van der Waals surface area contributed by atoms with Crippen LogP contribution in [0.1, 0.15) is 24.3 Å². The number of amides is 1. The van der Waals surface area contributed by atoms with Gasteiger partial charge in [-0.3, -0.25) is 4.79 Å². The Morgan fingerprint density at radius 1 is 1.33 bits per heavy atom. The molecule has 1 aromatic heterocycles. The number of carbonyl (C=O) groups excluding carboxylic acids is 1. The van der Waals surface area contributed by atoms with E-state index in [9.17, 15) is 13.2 Å². The summed E-state index contributed by atoms with van der Waals surface area (Å²) < 4.78 is 23.5. The molecule has 0 radical (unpaired) electrons. The van der Waals surface area contributed by atoms with Gasteiger partial charge in [-0.15, -0.1) is 11.3 Å². The van der Waals surface area contributed by atoms with E-state index in [1.165, 1.54) is 11.3 Å². The maximum absolute atomic E-state index is 11.8. The first-order valence-electron chi connectivity index (χ1n) is 7.07. The molecule has 130 valence electrons. The van der Waals surface area contributed by atoms with Crippen LogP contribution in [-0.2, 0) is 21.1 Å². The number of anilines is 1. The summed E-state index contributed by atoms with van der Waals surface area (Å²) in [5.41, 5.74) is 0.855. The van der Waals surface area contributed by atoms with Crippen LogP contribution in [0.5, 0.6) is 0 Å². The van der Waals surface area contributed by atoms with Gasteiger partial charge in [-0.25, -0.2) is 13.4 Å². The number of benzene rings is 1. The van der Waals surface area contributed by atoms with E-state index in [0.717, 1.165) is 10.4 Å². The summed E-state index contributed by atoms with van der Waals surface area (Å²) >= 11 is 13.4. The number of aromatic nitrogens is 1. The van der Waals surface area contributed by atoms with Crippen LogP contribution in [-0.4, -0.2) is 30.3 Å². The highest BCUT2D eigenvalue weighted by molar-refractivity contribution is 7.92. The molecule has 0 bridgehead atoms. The lowest BCUT2D eigenvalue weighted by molar-refractivity contribution is -0.113. The fourth-order valence-corrected chi connectivity index (χ4v) is 3.82. The van der Waals surface area contributed by atoms with Crippen molar-refractivity contribution in [2.45, 2.75) is 25.5 Å². The number of hydrogen-bond donors (Lipinski definition) is 1. The Morgan fingerprint density at radius 2 is 2.04 bits per heavy atom. The van der Waals surface area contributed by atoms with Crippen molar-refractivity contribution in [3.8, 4) is 0 Å². The van der Waals surface area contributed by atoms with E-state index in [4.69, 9.17) is 23.2 Å². The van der Waals surface area contributed by atoms with Gasteiger partial charge in [-0.05, 0) is 37.6 Å². The molecular formula is C15H16Cl2N2O3S2. The van der Waals surface area contributed by atoms with Crippen LogP contribution in [0.3, 0.4) is 0 Å². The normalized spacial score (nSPS) is 11.7. The molecule has 2 aromatic rings. The smallest absolute Gasteiger partial charge is 0.241 e. The number of nitrogens with zero attached hydrogens (tertiary/aromatic N) is 1. The first-order valence-corrected chi connectivity index (χ1v) is 10.4. The Morgan fingerprint density at radius 3 is 2.71 bits per heavy atom. The van der Waals surface area contributed by atoms with Gasteiger partial charge >= 0.3 is 0 Å². The molecule has 24 heavy (non-hydrogen) atoms. The molecule has 1 amide bonds. The van der Waals surface area contributed by atoms with Crippen molar-refractivity contribution >= 4 is 55.4 Å². The molecule has 1 aromatic carbocycles. The molecule has 9 heteroatoms. The summed E-state index contributed by atoms with van der Waals surface area (Å²) in [5.74, 6) is -1.15. The van der Waals surface area contributed by atoms with Crippen LogP contribution < -0.4 is 5.32 Å². The number of sulfone groups is 1. The van der Waals surface area contributed by atoms with Gasteiger partial charge in [0, 0.05) is 27.5 Å². The minimum absolute atomic E-state index is 0.354. The van der Waals surface area contributed by atoms with Crippen molar-refractivity contribution in [3.05, 3.63) is 44.9 Å². The standard InChI is InChI=1S/C15H16Cl2N2O3S2/c1-9(2)24(21,22)8-14(20)19-15-18-7-12(23-15)6-10-5-11(16)3-4-13(10)17/h3-5,7,9H,6,8H2,1-2H3,(H,18,19,20). The van der Waals surface area contributed by atoms with Crippen LogP contribution in [0.2, 0.25) is 10.0 Å². The largest absolute Gasteiger partial charge is 0.301 e. The van der Waals surface area contributed by atoms with Gasteiger partial charge in [-0.2, -0.15) is 0 Å². The highest BCUT2D eigenvalue weighted by Crippen LogP contribution is 2.27. The molecule has 0 unspecified atom stereocenters. The summed E-state index contributed by atoms with van der Waals surface area (Å²) in [6.07, 6.45) is 2.14. The Labute approximate surface area is 154 Å². The molecule has 0 atom stereocenters. The molecule has 0 spiro atoms. The summed E-state index contributed by atoms with van der Waals surface area (Å²) in [6, 6.07) is 5.21. The van der Waals surface area contributed by atoms with E-state index in [1.807, 2.05) is 0 Å². The molecule has 0 aliphatic rings. The third-order valence-electron chi connectivity index (χ3n) is 3.22. The van der Waals surface area contributed by atoms with E-state index in [2.05, 4.69) is 10.3 Å². The zero-order valence-corrected chi connectivity index (χ0v) is 16.2. The fourth-order valence-electron chi connectivity index (χ4n) is 1.82. The van der Waals surface area contributed by atoms with E-state index in [1.54, 1.807) is 38.2 Å². The second-order valence-electron chi connectivity index (χ2n) is 5.45. The molecule has 0 aliphatic carbocycles. The topological polar surface area (TPSA) is 76.1 Å². The van der Waals surface area contributed by atoms with Crippen LogP contribution in [0.4, 0.5) is 5.13 Å². The third-order valence-corrected chi connectivity index (χ3v) is 6.84. The summed E-state index contributed by atoms with van der Waals surface area (Å²) in [7, 11) is -3.44. The van der Waals surface area contributed by atoms with E-state index in [-0.39, 0.29) is 0 Å². The number of carbonyl (C=O) groups is 1. The number of hydrogen-bond acceptors (Lipinski definition) is 5. The van der Waals surface area contributed by atoms with Crippen LogP contribution in [0.25, 0.3) is 0 Å². The van der Waals surface area contributed by atoms with Gasteiger partial charge in [0.05, 0.1) is 5.25 Å². The zero-order valence-electron chi connectivity index (χ0n) is 13.0. The molecule has 0 aliphatic heterocycles. The Hall–Kier alpha value is -1.15. The third kappa shape index (κ3) is 5.17. The van der Waals surface area contributed by atoms with Gasteiger partial charge in [0.1, 0.15) is 5.75 Å². The summed E-state index contributed by atoms with van der Waals surface area (Å²) in [4.78, 5) is 16.8. The SMILES string of the molecule is CC(C)S(=O)(=O)CC(=O)Nc1ncc(Cc2cc(Cl)ccc2Cl)s1. The van der Waals surface area contributed by atoms with Gasteiger partial charge in [0.15, 0.2) is 15.0 Å². The highest BCUT2D eigenvalue weighted by Gasteiger charge is 2.21. The van der Waals surface area contributed by atoms with Gasteiger partial charge < -0.3 is 5.32 Å². The van der Waals surface area contributed by atoms with Crippen molar-refractivity contribution in [3.63, 3.8) is 0 Å². The highest BCUT2D eigenvalue weighted by atomic mass is 35.5. The van der Waals surface area contributed by atoms with Crippen LogP contribution in [0, 0.1) is 0 Å². The summed E-state index contributed by atoms with van der Waals surface area (Å²) in [5, 5.41) is 3.46. The molecule has 1 N–H and O–H groups in total. The summed E-state index contributed by atoms with van der Waals surface area (Å²) in [6.45, 7) is 3.08. The second kappa shape index (κ2) is 7.82. The minimum Gasteiger partial charge on any atom is -0.301 e. The molecule has 0 fully saturated rings. The Bertz CT molecular complexity index is 848. The number of rotatable bonds is 6. The van der Waals surface area contributed by atoms with E-state index < -0.39 is 26.7 Å². The van der Waals surface area contributed by atoms with Crippen LogP contribution >= 0.6 is 34.5 Å². The van der Waals surface area contributed by atoms with Crippen molar-refractivity contribution < 1.29 is 13.2 Å². The van der Waals surface area contributed by atoms with E-state index >= 15 is 0 Å². The predicted molar refractivity (Wildman–Crippen MR) is 98.9 cm³/mol. The lowest BCUT2D eigenvalue weighted by Crippen LogP contribution is -2.27. The fraction of sp³-hybridized carbons (Fsp3) is 0.333. The monoisotopic (exact) mass is 406 g/mol. The lowest BCUT2D eigenvalue weighted by Gasteiger charge is -2.06. The quantitative estimate of drug-likeness (QED) is 0.790. The molecule has 2 rings (SSSR count). The number of thiazole rings is 1. The van der Waals surface area contributed by atoms with Crippen molar-refractivity contribution in [2.75, 3.05) is 11.1 Å². The van der Waals surface area contributed by atoms with Gasteiger partial charge in [0.2, 0.25) is 5.91 Å². The van der Waals surface area contributed by atoms with Gasteiger partial charge in [0.25, 0.3) is 0 Å². The maximum Gasteiger partial charge on any atom is 0.241 e. The minimum atomic E-state index is -3.44. The molecule has 1 heterocycles. The second-order valence-corrected chi connectivity index (χ2v) is 9.96. The van der Waals surface area contributed by atoms with Gasteiger partial charge in [-0.1, -0.05) is 23.2 Å². The molecule has 0 saturated heterocycles. The predicted octanol–water partition coefficient (Wildman–Crippen LogP) is 3.80. The van der Waals surface area contributed by atoms with Crippen molar-refractivity contribution in [1.29, 1.82) is 0 Å². The number of halogens is 2. The molecule has 5 nitrogen and oxygen atoms in total. The Kier molecular flexibility index (Phi) is 6.25. The van der Waals surface area contributed by atoms with Crippen molar-refractivity contribution in [2.24, 2.45) is 0 Å². The lowest BCUT2D eigenvalue weighted by atomic mass is 10.1. The zero-order chi connectivity index (χ0) is 17.9. The number of nitrogens with one attached hydrogen (secondary N) is 1. The first-order chi connectivity index (χ1) is 11.2. The van der Waals surface area contributed by atoms with E-state index in [0.29, 0.717) is 21.6 Å². The average molecular weight is 407 g/mol. The molecule has 0 saturated carbocycles. The average Bonchev–Trinajstić information content (AvgIpc) is 2.89. The van der Waals surface area contributed by atoms with Crippen molar-refractivity contribution in [1.82, 2.24) is 4.98 Å². The van der Waals surface area contributed by atoms with Crippen LogP contribution in [0.15, 0.2) is 24.4 Å². The molecular weight excluding hydrogens is 391 g/mol.